The lowest BCUT2D eigenvalue weighted by molar-refractivity contribution is 0.0774. The second-order valence-electron chi connectivity index (χ2n) is 7.21. The van der Waals surface area contributed by atoms with Crippen LogP contribution in [-0.2, 0) is 0 Å². The fourth-order valence-corrected chi connectivity index (χ4v) is 5.57. The Kier molecular flexibility index (Phi) is 2.80. The third-order valence-electron chi connectivity index (χ3n) is 6.41. The molecule has 0 aromatic carbocycles. The highest BCUT2D eigenvalue weighted by molar-refractivity contribution is 4.99. The number of fused-ring (bicyclic) bond motifs is 2. The molecular weight excluding hydrogens is 192 g/mol. The van der Waals surface area contributed by atoms with Gasteiger partial charge in [0, 0.05) is 0 Å². The van der Waals surface area contributed by atoms with Crippen molar-refractivity contribution < 1.29 is 0 Å². The molecule has 4 fully saturated rings. The average molecular weight is 220 g/mol. The molecule has 0 amide bonds. The maximum Gasteiger partial charge on any atom is -0.0292 e. The van der Waals surface area contributed by atoms with Crippen molar-refractivity contribution in [1.82, 2.24) is 0 Å². The molecule has 0 spiro atoms. The van der Waals surface area contributed by atoms with Gasteiger partial charge in [0.15, 0.2) is 0 Å². The molecule has 4 saturated carbocycles. The first kappa shape index (κ1) is 11.1. The van der Waals surface area contributed by atoms with E-state index in [0.29, 0.717) is 0 Å². The zero-order valence-electron chi connectivity index (χ0n) is 11.2. The number of rotatable bonds is 1. The second kappa shape index (κ2) is 4.03. The van der Waals surface area contributed by atoms with Gasteiger partial charge in [0.25, 0.3) is 0 Å². The monoisotopic (exact) mass is 220 g/mol. The molecule has 0 aliphatic heterocycles. The molecular formula is C16H28. The van der Waals surface area contributed by atoms with E-state index in [0.717, 1.165) is 29.1 Å². The predicted octanol–water partition coefficient (Wildman–Crippen LogP) is 5.03. The first-order chi connectivity index (χ1) is 7.73. The predicted molar refractivity (Wildman–Crippen MR) is 69.3 cm³/mol. The van der Waals surface area contributed by atoms with Gasteiger partial charge >= 0.3 is 0 Å². The minimum atomic E-state index is 0.729. The van der Waals surface area contributed by atoms with Crippen LogP contribution in [0.2, 0.25) is 0 Å². The average Bonchev–Trinajstić information content (AvgIpc) is 2.63. The lowest BCUT2D eigenvalue weighted by atomic mass is 9.63. The van der Waals surface area contributed by atoms with Crippen LogP contribution < -0.4 is 0 Å². The Labute approximate surface area is 101 Å². The molecule has 0 heteroatoms. The van der Waals surface area contributed by atoms with Gasteiger partial charge in [-0.05, 0) is 61.2 Å². The van der Waals surface area contributed by atoms with Crippen LogP contribution in [0.15, 0.2) is 0 Å². The highest BCUT2D eigenvalue weighted by Gasteiger charge is 2.48. The van der Waals surface area contributed by atoms with Gasteiger partial charge < -0.3 is 0 Å². The van der Waals surface area contributed by atoms with Crippen molar-refractivity contribution in [1.29, 1.82) is 0 Å². The van der Waals surface area contributed by atoms with Crippen LogP contribution in [-0.4, -0.2) is 0 Å². The van der Waals surface area contributed by atoms with Crippen LogP contribution in [0.1, 0.15) is 71.6 Å². The van der Waals surface area contributed by atoms with E-state index in [4.69, 9.17) is 0 Å². The fraction of sp³-hybridized carbons (Fsp3) is 1.00. The first-order valence-corrected chi connectivity index (χ1v) is 7.73. The highest BCUT2D eigenvalue weighted by atomic mass is 14.5. The molecule has 0 aromatic rings. The second-order valence-corrected chi connectivity index (χ2v) is 7.21. The summed E-state index contributed by atoms with van der Waals surface area (Å²) in [6.07, 6.45) is 13.9. The van der Waals surface area contributed by atoms with E-state index in [1.54, 1.807) is 32.1 Å². The number of hydrogen-bond donors (Lipinski definition) is 0. The van der Waals surface area contributed by atoms with E-state index < -0.39 is 0 Å². The molecule has 0 N–H and O–H groups in total. The van der Waals surface area contributed by atoms with Crippen LogP contribution >= 0.6 is 0 Å². The van der Waals surface area contributed by atoms with Crippen molar-refractivity contribution in [3.8, 4) is 0 Å². The number of hydrogen-bond acceptors (Lipinski definition) is 0. The normalized spacial score (nSPS) is 52.1. The van der Waals surface area contributed by atoms with Gasteiger partial charge in [0.2, 0.25) is 0 Å². The molecule has 0 saturated heterocycles. The molecule has 0 aromatic heterocycles. The molecule has 5 unspecified atom stereocenters. The largest absolute Gasteiger partial charge is 0.0651 e. The van der Waals surface area contributed by atoms with Gasteiger partial charge in [-0.3, -0.25) is 0 Å². The van der Waals surface area contributed by atoms with E-state index >= 15 is 0 Å². The van der Waals surface area contributed by atoms with Crippen molar-refractivity contribution in [2.24, 2.45) is 29.1 Å². The zero-order chi connectivity index (χ0) is 11.2. The lowest BCUT2D eigenvalue weighted by Crippen LogP contribution is -2.33. The molecule has 92 valence electrons. The van der Waals surface area contributed by atoms with Crippen molar-refractivity contribution in [2.75, 3.05) is 0 Å². The standard InChI is InChI=1S/C16H28/c1-3-12-10-13-7-8-15(12)16(2)9-5-4-6-14(13)11-16/h12-15H,3-11H2,1-2H3. The maximum atomic E-state index is 2.65. The molecule has 4 aliphatic carbocycles. The molecule has 4 aliphatic rings. The smallest absolute Gasteiger partial charge is 0.0292 e. The van der Waals surface area contributed by atoms with Crippen molar-refractivity contribution >= 4 is 0 Å². The summed E-state index contributed by atoms with van der Waals surface area (Å²) < 4.78 is 0. The van der Waals surface area contributed by atoms with Crippen LogP contribution in [0.3, 0.4) is 0 Å². The van der Waals surface area contributed by atoms with E-state index in [2.05, 4.69) is 13.8 Å². The van der Waals surface area contributed by atoms with Gasteiger partial charge in [0.05, 0.1) is 0 Å². The molecule has 4 rings (SSSR count). The third kappa shape index (κ3) is 1.64. The maximum absolute atomic E-state index is 2.65. The van der Waals surface area contributed by atoms with Gasteiger partial charge in [-0.1, -0.05) is 39.5 Å². The lowest BCUT2D eigenvalue weighted by Gasteiger charge is -2.42. The topological polar surface area (TPSA) is 0 Å². The Morgan fingerprint density at radius 2 is 1.94 bits per heavy atom. The van der Waals surface area contributed by atoms with E-state index in [1.165, 1.54) is 25.7 Å². The van der Waals surface area contributed by atoms with Gasteiger partial charge in [0.1, 0.15) is 0 Å². The van der Waals surface area contributed by atoms with Crippen molar-refractivity contribution in [2.45, 2.75) is 71.6 Å². The summed E-state index contributed by atoms with van der Waals surface area (Å²) in [5.74, 6) is 4.37. The summed E-state index contributed by atoms with van der Waals surface area (Å²) in [5, 5.41) is 0. The quantitative estimate of drug-likeness (QED) is 0.581. The summed E-state index contributed by atoms with van der Waals surface area (Å²) in [4.78, 5) is 0. The summed E-state index contributed by atoms with van der Waals surface area (Å²) in [5.41, 5.74) is 0.729. The first-order valence-electron chi connectivity index (χ1n) is 7.73. The fourth-order valence-electron chi connectivity index (χ4n) is 5.57. The van der Waals surface area contributed by atoms with Gasteiger partial charge in [-0.25, -0.2) is 0 Å². The Balaban J connectivity index is 1.94. The van der Waals surface area contributed by atoms with Crippen LogP contribution in [0.4, 0.5) is 0 Å². The summed E-state index contributed by atoms with van der Waals surface area (Å²) in [6.45, 7) is 5.08. The van der Waals surface area contributed by atoms with E-state index in [-0.39, 0.29) is 0 Å². The third-order valence-corrected chi connectivity index (χ3v) is 6.41. The Bertz CT molecular complexity index is 257. The summed E-state index contributed by atoms with van der Waals surface area (Å²) in [6, 6.07) is 0. The minimum Gasteiger partial charge on any atom is -0.0651 e. The minimum absolute atomic E-state index is 0.729. The van der Waals surface area contributed by atoms with Crippen LogP contribution in [0.25, 0.3) is 0 Å². The van der Waals surface area contributed by atoms with Crippen molar-refractivity contribution in [3.05, 3.63) is 0 Å². The van der Waals surface area contributed by atoms with E-state index in [1.807, 2.05) is 0 Å². The SMILES string of the molecule is CCC1CC2CCC1C1(C)CCCCC2C1. The van der Waals surface area contributed by atoms with E-state index in [9.17, 15) is 0 Å². The molecule has 0 nitrogen and oxygen atoms in total. The Morgan fingerprint density at radius 1 is 1.06 bits per heavy atom. The zero-order valence-corrected chi connectivity index (χ0v) is 11.2. The Hall–Kier alpha value is 0. The van der Waals surface area contributed by atoms with Crippen LogP contribution in [0, 0.1) is 29.1 Å². The summed E-state index contributed by atoms with van der Waals surface area (Å²) in [7, 11) is 0. The molecule has 4 bridgehead atoms. The van der Waals surface area contributed by atoms with Crippen molar-refractivity contribution in [3.63, 3.8) is 0 Å². The molecule has 0 radical (unpaired) electrons. The van der Waals surface area contributed by atoms with Gasteiger partial charge in [-0.2, -0.15) is 0 Å². The highest BCUT2D eigenvalue weighted by Crippen LogP contribution is 2.59. The van der Waals surface area contributed by atoms with Crippen LogP contribution in [0.5, 0.6) is 0 Å². The summed E-state index contributed by atoms with van der Waals surface area (Å²) >= 11 is 0. The molecule has 0 heterocycles. The Morgan fingerprint density at radius 3 is 2.75 bits per heavy atom. The van der Waals surface area contributed by atoms with Gasteiger partial charge in [-0.15, -0.1) is 0 Å². The molecule has 5 atom stereocenters. The molecule has 16 heavy (non-hydrogen) atoms.